The van der Waals surface area contributed by atoms with Crippen LogP contribution in [0.15, 0.2) is 48.5 Å². The van der Waals surface area contributed by atoms with Crippen LogP contribution >= 0.6 is 0 Å². The zero-order chi connectivity index (χ0) is 16.4. The van der Waals surface area contributed by atoms with E-state index in [1.807, 2.05) is 12.1 Å². The van der Waals surface area contributed by atoms with Gasteiger partial charge >= 0.3 is 0 Å². The van der Waals surface area contributed by atoms with Crippen molar-refractivity contribution in [1.29, 1.82) is 0 Å². The lowest BCUT2D eigenvalue weighted by Gasteiger charge is -2.34. The van der Waals surface area contributed by atoms with Crippen LogP contribution < -0.4 is 0 Å². The molecule has 1 saturated heterocycles. The molecule has 4 nitrogen and oxygen atoms in total. The largest absolute Gasteiger partial charge is 0.341 e. The molecule has 0 aliphatic carbocycles. The van der Waals surface area contributed by atoms with Gasteiger partial charge in [-0.25, -0.2) is 4.98 Å². The van der Waals surface area contributed by atoms with Crippen LogP contribution in [0.4, 0.5) is 0 Å². The molecule has 0 unspecified atom stereocenters. The van der Waals surface area contributed by atoms with E-state index in [0.29, 0.717) is 0 Å². The van der Waals surface area contributed by atoms with Crippen LogP contribution in [-0.2, 0) is 13.1 Å². The Hall–Kier alpha value is -2.17. The molecule has 0 bridgehead atoms. The second-order valence-corrected chi connectivity index (χ2v) is 6.74. The van der Waals surface area contributed by atoms with E-state index in [0.717, 1.165) is 56.1 Å². The van der Waals surface area contributed by atoms with Gasteiger partial charge in [-0.15, -0.1) is 0 Å². The normalized spacial score (nSPS) is 16.7. The van der Waals surface area contributed by atoms with Crippen LogP contribution in [0.2, 0.25) is 0 Å². The molecular weight excluding hydrogens is 296 g/mol. The van der Waals surface area contributed by atoms with E-state index in [4.69, 9.17) is 4.98 Å². The van der Waals surface area contributed by atoms with Crippen molar-refractivity contribution in [3.63, 3.8) is 0 Å². The first-order valence-electron chi connectivity index (χ1n) is 8.70. The predicted octanol–water partition coefficient (Wildman–Crippen LogP) is 3.19. The summed E-state index contributed by atoms with van der Waals surface area (Å²) in [6, 6.07) is 17.1. The number of aromatic amines is 1. The van der Waals surface area contributed by atoms with Gasteiger partial charge in [0.1, 0.15) is 5.82 Å². The monoisotopic (exact) mass is 320 g/mol. The number of aromatic nitrogens is 2. The molecule has 1 N–H and O–H groups in total. The van der Waals surface area contributed by atoms with E-state index in [1.54, 1.807) is 0 Å². The summed E-state index contributed by atoms with van der Waals surface area (Å²) in [6.07, 6.45) is 0. The van der Waals surface area contributed by atoms with Gasteiger partial charge in [0.25, 0.3) is 0 Å². The predicted molar refractivity (Wildman–Crippen MR) is 97.8 cm³/mol. The number of piperazine rings is 1. The summed E-state index contributed by atoms with van der Waals surface area (Å²) in [7, 11) is 0. The summed E-state index contributed by atoms with van der Waals surface area (Å²) in [6.45, 7) is 8.57. The summed E-state index contributed by atoms with van der Waals surface area (Å²) >= 11 is 0. The fraction of sp³-hybridized carbons (Fsp3) is 0.350. The lowest BCUT2D eigenvalue weighted by molar-refractivity contribution is 0.120. The topological polar surface area (TPSA) is 35.2 Å². The highest BCUT2D eigenvalue weighted by Gasteiger charge is 2.18. The van der Waals surface area contributed by atoms with E-state index in [9.17, 15) is 0 Å². The Kier molecular flexibility index (Phi) is 4.32. The molecule has 1 aliphatic heterocycles. The Balaban J connectivity index is 1.32. The van der Waals surface area contributed by atoms with E-state index in [2.05, 4.69) is 58.1 Å². The number of H-pyrrole nitrogens is 1. The number of aryl methyl sites for hydroxylation is 1. The lowest BCUT2D eigenvalue weighted by atomic mass is 10.1. The average molecular weight is 320 g/mol. The summed E-state index contributed by atoms with van der Waals surface area (Å²) in [5, 5.41) is 0. The van der Waals surface area contributed by atoms with Gasteiger partial charge in [0.15, 0.2) is 0 Å². The van der Waals surface area contributed by atoms with Gasteiger partial charge in [0.2, 0.25) is 0 Å². The van der Waals surface area contributed by atoms with E-state index in [1.165, 1.54) is 11.1 Å². The highest BCUT2D eigenvalue weighted by Crippen LogP contribution is 2.14. The van der Waals surface area contributed by atoms with Crippen molar-refractivity contribution >= 4 is 11.0 Å². The fourth-order valence-corrected chi connectivity index (χ4v) is 3.47. The molecule has 4 rings (SSSR count). The van der Waals surface area contributed by atoms with Gasteiger partial charge in [-0.1, -0.05) is 42.0 Å². The Morgan fingerprint density at radius 1 is 0.917 bits per heavy atom. The smallest absolute Gasteiger partial charge is 0.121 e. The molecular formula is C20H24N4. The Morgan fingerprint density at radius 2 is 1.67 bits per heavy atom. The first kappa shape index (κ1) is 15.4. The minimum Gasteiger partial charge on any atom is -0.341 e. The number of hydrogen-bond acceptors (Lipinski definition) is 3. The van der Waals surface area contributed by atoms with Crippen LogP contribution in [0.3, 0.4) is 0 Å². The van der Waals surface area contributed by atoms with Crippen LogP contribution in [0.25, 0.3) is 11.0 Å². The maximum absolute atomic E-state index is 4.69. The van der Waals surface area contributed by atoms with Crippen molar-refractivity contribution in [1.82, 2.24) is 19.8 Å². The third kappa shape index (κ3) is 3.50. The number of rotatable bonds is 4. The van der Waals surface area contributed by atoms with Crippen molar-refractivity contribution in [3.8, 4) is 0 Å². The number of benzene rings is 2. The summed E-state index contributed by atoms with van der Waals surface area (Å²) < 4.78 is 0. The molecule has 0 amide bonds. The molecule has 1 aliphatic rings. The van der Waals surface area contributed by atoms with E-state index >= 15 is 0 Å². The highest BCUT2D eigenvalue weighted by atomic mass is 15.3. The van der Waals surface area contributed by atoms with Crippen LogP contribution in [0.5, 0.6) is 0 Å². The van der Waals surface area contributed by atoms with E-state index < -0.39 is 0 Å². The quantitative estimate of drug-likeness (QED) is 0.802. The zero-order valence-electron chi connectivity index (χ0n) is 14.2. The second kappa shape index (κ2) is 6.75. The number of imidazole rings is 1. The number of para-hydroxylation sites is 2. The first-order valence-corrected chi connectivity index (χ1v) is 8.70. The molecule has 0 saturated carbocycles. The molecule has 0 atom stereocenters. The summed E-state index contributed by atoms with van der Waals surface area (Å²) in [5.74, 6) is 1.07. The van der Waals surface area contributed by atoms with Gasteiger partial charge in [0, 0.05) is 32.7 Å². The zero-order valence-corrected chi connectivity index (χ0v) is 14.2. The minimum atomic E-state index is 0.910. The van der Waals surface area contributed by atoms with E-state index in [-0.39, 0.29) is 0 Å². The van der Waals surface area contributed by atoms with Crippen LogP contribution in [0.1, 0.15) is 17.0 Å². The number of nitrogens with zero attached hydrogens (tertiary/aromatic N) is 3. The lowest BCUT2D eigenvalue weighted by Crippen LogP contribution is -2.45. The third-order valence-corrected chi connectivity index (χ3v) is 4.77. The molecule has 0 radical (unpaired) electrons. The third-order valence-electron chi connectivity index (χ3n) is 4.77. The van der Waals surface area contributed by atoms with Crippen molar-refractivity contribution in [2.45, 2.75) is 20.0 Å². The van der Waals surface area contributed by atoms with Gasteiger partial charge in [-0.3, -0.25) is 9.80 Å². The van der Waals surface area contributed by atoms with Crippen molar-refractivity contribution in [3.05, 3.63) is 65.5 Å². The maximum atomic E-state index is 4.69. The Labute approximate surface area is 143 Å². The van der Waals surface area contributed by atoms with Gasteiger partial charge < -0.3 is 4.98 Å². The van der Waals surface area contributed by atoms with Gasteiger partial charge in [0.05, 0.1) is 17.6 Å². The molecule has 2 aromatic carbocycles. The maximum Gasteiger partial charge on any atom is 0.121 e. The number of hydrogen-bond donors (Lipinski definition) is 1. The molecule has 2 heterocycles. The molecule has 24 heavy (non-hydrogen) atoms. The van der Waals surface area contributed by atoms with Crippen LogP contribution in [-0.4, -0.2) is 45.9 Å². The minimum absolute atomic E-state index is 0.910. The molecule has 1 aromatic heterocycles. The first-order chi connectivity index (χ1) is 11.8. The van der Waals surface area contributed by atoms with Crippen molar-refractivity contribution in [2.75, 3.05) is 26.2 Å². The van der Waals surface area contributed by atoms with Crippen LogP contribution in [0, 0.1) is 6.92 Å². The highest BCUT2D eigenvalue weighted by molar-refractivity contribution is 5.74. The van der Waals surface area contributed by atoms with Gasteiger partial charge in [-0.05, 0) is 24.6 Å². The number of nitrogens with one attached hydrogen (secondary N) is 1. The molecule has 4 heteroatoms. The van der Waals surface area contributed by atoms with Gasteiger partial charge in [-0.2, -0.15) is 0 Å². The summed E-state index contributed by atoms with van der Waals surface area (Å²) in [5.41, 5.74) is 4.95. The molecule has 0 spiro atoms. The second-order valence-electron chi connectivity index (χ2n) is 6.74. The fourth-order valence-electron chi connectivity index (χ4n) is 3.47. The van der Waals surface area contributed by atoms with Crippen molar-refractivity contribution in [2.24, 2.45) is 0 Å². The Morgan fingerprint density at radius 3 is 2.42 bits per heavy atom. The average Bonchev–Trinajstić information content (AvgIpc) is 2.99. The molecule has 1 fully saturated rings. The summed E-state index contributed by atoms with van der Waals surface area (Å²) in [4.78, 5) is 13.2. The SMILES string of the molecule is Cc1cccc(CN2CCN(Cc3nc4ccccc4[nH]3)CC2)c1. The Bertz CT molecular complexity index is 782. The van der Waals surface area contributed by atoms with Crippen molar-refractivity contribution < 1.29 is 0 Å². The molecule has 124 valence electrons. The molecule has 3 aromatic rings. The number of fused-ring (bicyclic) bond motifs is 1. The standard InChI is InChI=1S/C20H24N4/c1-16-5-4-6-17(13-16)14-23-9-11-24(12-10-23)15-20-21-18-7-2-3-8-19(18)22-20/h2-8,13H,9-12,14-15H2,1H3,(H,21,22).